The molecule has 0 bridgehead atoms. The maximum absolute atomic E-state index is 11.5. The number of hydrogen-bond donors (Lipinski definition) is 1. The maximum Gasteiger partial charge on any atom is 0.189 e. The van der Waals surface area contributed by atoms with E-state index in [2.05, 4.69) is 18.7 Å². The van der Waals surface area contributed by atoms with Crippen LogP contribution in [0.4, 0.5) is 0 Å². The monoisotopic (exact) mass is 220 g/mol. The second kappa shape index (κ2) is 6.08. The van der Waals surface area contributed by atoms with Crippen molar-refractivity contribution in [2.75, 3.05) is 0 Å². The molecule has 1 rings (SSSR count). The van der Waals surface area contributed by atoms with Crippen LogP contribution in [0.25, 0.3) is 0 Å². The fourth-order valence-corrected chi connectivity index (χ4v) is 1.40. The summed E-state index contributed by atoms with van der Waals surface area (Å²) in [7, 11) is 0. The molecule has 3 nitrogen and oxygen atoms in total. The Labute approximate surface area is 95.3 Å². The number of allylic oxidation sites excluding steroid dienone is 1. The molecule has 0 saturated heterocycles. The van der Waals surface area contributed by atoms with Gasteiger partial charge in [0.2, 0.25) is 0 Å². The van der Waals surface area contributed by atoms with Crippen LogP contribution in [-0.4, -0.2) is 11.0 Å². The number of carbonyl (C=O) groups excluding carboxylic acids is 1. The van der Waals surface area contributed by atoms with Gasteiger partial charge in [0.25, 0.3) is 0 Å². The predicted molar refractivity (Wildman–Crippen MR) is 62.3 cm³/mol. The Morgan fingerprint density at radius 2 is 2.06 bits per heavy atom. The van der Waals surface area contributed by atoms with Gasteiger partial charge in [-0.3, -0.25) is 4.79 Å². The van der Waals surface area contributed by atoms with Gasteiger partial charge in [-0.1, -0.05) is 38.1 Å². The Morgan fingerprint density at radius 3 is 2.56 bits per heavy atom. The van der Waals surface area contributed by atoms with Crippen LogP contribution in [0.15, 0.2) is 36.6 Å². The van der Waals surface area contributed by atoms with E-state index in [-0.39, 0.29) is 5.78 Å². The van der Waals surface area contributed by atoms with Gasteiger partial charge in [0.1, 0.15) is 6.26 Å². The molecule has 0 amide bonds. The van der Waals surface area contributed by atoms with Crippen molar-refractivity contribution in [2.24, 2.45) is 0 Å². The molecule has 0 heterocycles. The summed E-state index contributed by atoms with van der Waals surface area (Å²) in [6.45, 7) is 4.28. The molecule has 0 radical (unpaired) electrons. The second-order valence-electron chi connectivity index (χ2n) is 3.70. The van der Waals surface area contributed by atoms with Crippen molar-refractivity contribution in [3.05, 3.63) is 47.7 Å². The Balaban J connectivity index is 2.78. The highest BCUT2D eigenvalue weighted by atomic mass is 17.1. The van der Waals surface area contributed by atoms with Crippen LogP contribution in [0.2, 0.25) is 0 Å². The first-order valence-electron chi connectivity index (χ1n) is 5.30. The zero-order valence-corrected chi connectivity index (χ0v) is 9.51. The van der Waals surface area contributed by atoms with Crippen LogP contribution in [0.3, 0.4) is 0 Å². The average molecular weight is 220 g/mol. The Morgan fingerprint density at radius 1 is 1.44 bits per heavy atom. The fraction of sp³-hybridized carbons (Fsp3) is 0.308. The molecular weight excluding hydrogens is 204 g/mol. The number of hydrogen-bond acceptors (Lipinski definition) is 3. The van der Waals surface area contributed by atoms with Gasteiger partial charge in [-0.15, -0.1) is 0 Å². The van der Waals surface area contributed by atoms with E-state index in [0.717, 1.165) is 12.7 Å². The van der Waals surface area contributed by atoms with Crippen LogP contribution >= 0.6 is 0 Å². The van der Waals surface area contributed by atoms with Crippen LogP contribution in [0, 0.1) is 0 Å². The van der Waals surface area contributed by atoms with Crippen molar-refractivity contribution in [1.29, 1.82) is 0 Å². The molecule has 0 aliphatic heterocycles. The molecule has 0 fully saturated rings. The number of ketones is 1. The van der Waals surface area contributed by atoms with Crippen molar-refractivity contribution < 1.29 is 14.9 Å². The predicted octanol–water partition coefficient (Wildman–Crippen LogP) is 3.39. The summed E-state index contributed by atoms with van der Waals surface area (Å²) in [6.07, 6.45) is 3.20. The topological polar surface area (TPSA) is 46.5 Å². The molecule has 0 aliphatic rings. The van der Waals surface area contributed by atoms with Crippen molar-refractivity contribution in [3.63, 3.8) is 0 Å². The van der Waals surface area contributed by atoms with E-state index in [4.69, 9.17) is 5.26 Å². The van der Waals surface area contributed by atoms with Crippen molar-refractivity contribution in [3.8, 4) is 0 Å². The third kappa shape index (κ3) is 3.21. The second-order valence-corrected chi connectivity index (χ2v) is 3.70. The summed E-state index contributed by atoms with van der Waals surface area (Å²) >= 11 is 0. The van der Waals surface area contributed by atoms with Crippen LogP contribution in [0.1, 0.15) is 42.1 Å². The van der Waals surface area contributed by atoms with Gasteiger partial charge < -0.3 is 4.89 Å². The molecule has 1 aromatic carbocycles. The minimum absolute atomic E-state index is 0.190. The molecule has 0 saturated carbocycles. The Bertz CT molecular complexity index is 365. The standard InChI is InChI=1S/C13H16O3/c1-3-10(2)11-4-6-12(7-5-11)13(14)8-9-16-15/h4-10,15H,3H2,1-2H3/b9-8+. The Hall–Kier alpha value is -1.61. The van der Waals surface area contributed by atoms with E-state index in [1.165, 1.54) is 11.6 Å². The summed E-state index contributed by atoms with van der Waals surface area (Å²) in [5, 5.41) is 8.07. The molecule has 0 spiro atoms. The highest BCUT2D eigenvalue weighted by molar-refractivity contribution is 6.04. The summed E-state index contributed by atoms with van der Waals surface area (Å²) in [5.74, 6) is 0.310. The quantitative estimate of drug-likeness (QED) is 0.272. The molecule has 0 aromatic heterocycles. The van der Waals surface area contributed by atoms with E-state index >= 15 is 0 Å². The van der Waals surface area contributed by atoms with Gasteiger partial charge >= 0.3 is 0 Å². The Kier molecular flexibility index (Phi) is 4.73. The molecule has 3 heteroatoms. The first kappa shape index (κ1) is 12.5. The van der Waals surface area contributed by atoms with E-state index in [1.807, 2.05) is 12.1 Å². The van der Waals surface area contributed by atoms with Gasteiger partial charge in [-0.25, -0.2) is 5.26 Å². The molecule has 0 aliphatic carbocycles. The number of rotatable bonds is 5. The lowest BCUT2D eigenvalue weighted by atomic mass is 9.97. The van der Waals surface area contributed by atoms with E-state index in [0.29, 0.717) is 11.5 Å². The minimum atomic E-state index is -0.190. The SMILES string of the molecule is CCC(C)c1ccc(C(=O)/C=C/OO)cc1. The van der Waals surface area contributed by atoms with Gasteiger partial charge in [0.15, 0.2) is 5.78 Å². The highest BCUT2D eigenvalue weighted by Gasteiger charge is 2.05. The molecule has 1 unspecified atom stereocenters. The smallest absolute Gasteiger partial charge is 0.189 e. The van der Waals surface area contributed by atoms with Crippen molar-refractivity contribution in [2.45, 2.75) is 26.2 Å². The molecular formula is C13H16O3. The zero-order chi connectivity index (χ0) is 12.0. The van der Waals surface area contributed by atoms with Crippen LogP contribution in [-0.2, 0) is 4.89 Å². The molecule has 1 atom stereocenters. The molecule has 1 aromatic rings. The highest BCUT2D eigenvalue weighted by Crippen LogP contribution is 2.18. The van der Waals surface area contributed by atoms with Crippen molar-refractivity contribution >= 4 is 5.78 Å². The first-order chi connectivity index (χ1) is 7.69. The normalized spacial score (nSPS) is 12.7. The number of carbonyl (C=O) groups is 1. The molecule has 86 valence electrons. The fourth-order valence-electron chi connectivity index (χ4n) is 1.40. The van der Waals surface area contributed by atoms with Gasteiger partial charge in [-0.05, 0) is 17.9 Å². The van der Waals surface area contributed by atoms with E-state index < -0.39 is 0 Å². The van der Waals surface area contributed by atoms with Crippen molar-refractivity contribution in [1.82, 2.24) is 0 Å². The lowest BCUT2D eigenvalue weighted by molar-refractivity contribution is -0.186. The minimum Gasteiger partial charge on any atom is -0.348 e. The summed E-state index contributed by atoms with van der Waals surface area (Å²) < 4.78 is 0. The summed E-state index contributed by atoms with van der Waals surface area (Å²) in [5.41, 5.74) is 1.81. The summed E-state index contributed by atoms with van der Waals surface area (Å²) in [6, 6.07) is 7.47. The third-order valence-corrected chi connectivity index (χ3v) is 2.66. The third-order valence-electron chi connectivity index (χ3n) is 2.66. The van der Waals surface area contributed by atoms with Gasteiger partial charge in [0.05, 0.1) is 0 Å². The first-order valence-corrected chi connectivity index (χ1v) is 5.30. The lowest BCUT2D eigenvalue weighted by Gasteiger charge is -2.08. The van der Waals surface area contributed by atoms with Gasteiger partial charge in [0, 0.05) is 11.6 Å². The van der Waals surface area contributed by atoms with Gasteiger partial charge in [-0.2, -0.15) is 0 Å². The van der Waals surface area contributed by atoms with E-state index in [1.54, 1.807) is 12.1 Å². The summed E-state index contributed by atoms with van der Waals surface area (Å²) in [4.78, 5) is 15.2. The average Bonchev–Trinajstić information content (AvgIpc) is 2.35. The largest absolute Gasteiger partial charge is 0.348 e. The number of benzene rings is 1. The molecule has 1 N–H and O–H groups in total. The zero-order valence-electron chi connectivity index (χ0n) is 9.51. The maximum atomic E-state index is 11.5. The lowest BCUT2D eigenvalue weighted by Crippen LogP contribution is -1.96. The van der Waals surface area contributed by atoms with Crippen LogP contribution < -0.4 is 0 Å². The van der Waals surface area contributed by atoms with E-state index in [9.17, 15) is 4.79 Å². The molecule has 16 heavy (non-hydrogen) atoms. The van der Waals surface area contributed by atoms with Crippen LogP contribution in [0.5, 0.6) is 0 Å².